The zero-order valence-corrected chi connectivity index (χ0v) is 13.5. The number of hydrogen-bond acceptors (Lipinski definition) is 4. The van der Waals surface area contributed by atoms with Crippen LogP contribution in [-0.4, -0.2) is 28.8 Å². The van der Waals surface area contributed by atoms with Crippen molar-refractivity contribution in [1.29, 1.82) is 0 Å². The van der Waals surface area contributed by atoms with E-state index in [1.54, 1.807) is 6.20 Å². The van der Waals surface area contributed by atoms with Gasteiger partial charge in [-0.25, -0.2) is 4.68 Å². The van der Waals surface area contributed by atoms with Crippen LogP contribution in [0, 0.1) is 0 Å². The number of halogens is 1. The second-order valence-electron chi connectivity index (χ2n) is 4.43. The fourth-order valence-corrected chi connectivity index (χ4v) is 2.07. The minimum atomic E-state index is -0.160. The van der Waals surface area contributed by atoms with E-state index in [4.69, 9.17) is 0 Å². The van der Waals surface area contributed by atoms with Crippen molar-refractivity contribution < 1.29 is 4.79 Å². The first-order chi connectivity index (χ1) is 9.60. The van der Waals surface area contributed by atoms with Crippen molar-refractivity contribution in [2.45, 2.75) is 39.7 Å². The number of carbonyl (C=O) groups is 1. The summed E-state index contributed by atoms with van der Waals surface area (Å²) < 4.78 is 1.87. The van der Waals surface area contributed by atoms with Crippen LogP contribution in [0.25, 0.3) is 0 Å². The van der Waals surface area contributed by atoms with Gasteiger partial charge < -0.3 is 10.6 Å². The van der Waals surface area contributed by atoms with Crippen molar-refractivity contribution in [3.8, 4) is 0 Å². The first-order valence-electron chi connectivity index (χ1n) is 6.86. The third kappa shape index (κ3) is 4.96. The Kier molecular flexibility index (Phi) is 7.28. The van der Waals surface area contributed by atoms with Gasteiger partial charge in [0.1, 0.15) is 4.47 Å². The van der Waals surface area contributed by atoms with Gasteiger partial charge in [-0.15, -0.1) is 0 Å². The Labute approximate surface area is 127 Å². The molecule has 0 fully saturated rings. The Morgan fingerprint density at radius 1 is 1.35 bits per heavy atom. The van der Waals surface area contributed by atoms with Crippen LogP contribution < -0.4 is 16.2 Å². The molecule has 0 aliphatic heterocycles. The van der Waals surface area contributed by atoms with Gasteiger partial charge in [0.15, 0.2) is 0 Å². The second kappa shape index (κ2) is 8.73. The number of rotatable bonds is 8. The maximum absolute atomic E-state index is 12.0. The normalized spacial score (nSPS) is 10.3. The van der Waals surface area contributed by atoms with Gasteiger partial charge in [-0.3, -0.25) is 9.59 Å². The Hall–Kier alpha value is -1.37. The van der Waals surface area contributed by atoms with Gasteiger partial charge in [-0.1, -0.05) is 13.8 Å². The molecule has 0 aromatic carbocycles. The van der Waals surface area contributed by atoms with Gasteiger partial charge in [-0.2, -0.15) is 5.10 Å². The lowest BCUT2D eigenvalue weighted by molar-refractivity contribution is -0.120. The molecule has 112 valence electrons. The van der Waals surface area contributed by atoms with Crippen molar-refractivity contribution in [2.75, 3.05) is 18.4 Å². The van der Waals surface area contributed by atoms with Crippen LogP contribution in [0.3, 0.4) is 0 Å². The zero-order chi connectivity index (χ0) is 15.0. The fourth-order valence-electron chi connectivity index (χ4n) is 1.62. The number of amides is 1. The first kappa shape index (κ1) is 16.7. The minimum absolute atomic E-state index is 0.00255. The van der Waals surface area contributed by atoms with E-state index in [0.29, 0.717) is 36.2 Å². The van der Waals surface area contributed by atoms with E-state index in [9.17, 15) is 9.59 Å². The lowest BCUT2D eigenvalue weighted by Gasteiger charge is -2.10. The number of aromatic nitrogens is 2. The predicted octanol–water partition coefficient (Wildman–Crippen LogP) is 1.74. The zero-order valence-electron chi connectivity index (χ0n) is 11.9. The van der Waals surface area contributed by atoms with E-state index in [-0.39, 0.29) is 11.5 Å². The molecule has 1 aromatic heterocycles. The molecule has 20 heavy (non-hydrogen) atoms. The largest absolute Gasteiger partial charge is 0.382 e. The summed E-state index contributed by atoms with van der Waals surface area (Å²) in [5, 5.41) is 9.93. The summed E-state index contributed by atoms with van der Waals surface area (Å²) in [6.45, 7) is 5.75. The molecular weight excluding hydrogens is 324 g/mol. The molecule has 1 heterocycles. The quantitative estimate of drug-likeness (QED) is 0.753. The lowest BCUT2D eigenvalue weighted by Crippen LogP contribution is -2.27. The second-order valence-corrected chi connectivity index (χ2v) is 5.22. The van der Waals surface area contributed by atoms with Crippen LogP contribution in [0.1, 0.15) is 33.1 Å². The van der Waals surface area contributed by atoms with Crippen molar-refractivity contribution in [1.82, 2.24) is 15.1 Å². The maximum Gasteiger partial charge on any atom is 0.283 e. The highest BCUT2D eigenvalue weighted by Crippen LogP contribution is 2.15. The minimum Gasteiger partial charge on any atom is -0.382 e. The lowest BCUT2D eigenvalue weighted by atomic mass is 10.3. The SMILES string of the molecule is CCCNC(=O)CCNc1cnn(CCC)c(=O)c1Br. The van der Waals surface area contributed by atoms with E-state index < -0.39 is 0 Å². The van der Waals surface area contributed by atoms with E-state index >= 15 is 0 Å². The van der Waals surface area contributed by atoms with Crippen LogP contribution in [0.5, 0.6) is 0 Å². The molecule has 7 heteroatoms. The molecule has 0 saturated heterocycles. The summed E-state index contributed by atoms with van der Waals surface area (Å²) in [5.41, 5.74) is 0.456. The highest BCUT2D eigenvalue weighted by Gasteiger charge is 2.08. The van der Waals surface area contributed by atoms with Crippen molar-refractivity contribution in [3.05, 3.63) is 21.0 Å². The smallest absolute Gasteiger partial charge is 0.283 e. The highest BCUT2D eigenvalue weighted by molar-refractivity contribution is 9.10. The molecule has 0 bridgehead atoms. The topological polar surface area (TPSA) is 76.0 Å². The molecule has 2 N–H and O–H groups in total. The molecule has 1 amide bonds. The molecule has 0 unspecified atom stereocenters. The van der Waals surface area contributed by atoms with Crippen LogP contribution >= 0.6 is 15.9 Å². The number of aryl methyl sites for hydroxylation is 1. The third-order valence-corrected chi connectivity index (χ3v) is 3.43. The number of hydrogen-bond donors (Lipinski definition) is 2. The number of nitrogens with one attached hydrogen (secondary N) is 2. The van der Waals surface area contributed by atoms with Crippen molar-refractivity contribution in [2.24, 2.45) is 0 Å². The maximum atomic E-state index is 12.0. The molecule has 0 aliphatic carbocycles. The summed E-state index contributed by atoms with van der Waals surface area (Å²) in [7, 11) is 0. The van der Waals surface area contributed by atoms with Crippen LogP contribution in [0.15, 0.2) is 15.5 Å². The van der Waals surface area contributed by atoms with Gasteiger partial charge in [0, 0.05) is 26.1 Å². The summed E-state index contributed by atoms with van der Waals surface area (Å²) in [5.74, 6) is 0.00255. The number of anilines is 1. The van der Waals surface area contributed by atoms with E-state index in [1.807, 2.05) is 13.8 Å². The average Bonchev–Trinajstić information content (AvgIpc) is 2.44. The molecule has 1 rings (SSSR count). The van der Waals surface area contributed by atoms with Gasteiger partial charge >= 0.3 is 0 Å². The van der Waals surface area contributed by atoms with Gasteiger partial charge in [0.25, 0.3) is 5.56 Å². The summed E-state index contributed by atoms with van der Waals surface area (Å²) >= 11 is 3.27. The Morgan fingerprint density at radius 2 is 2.10 bits per heavy atom. The monoisotopic (exact) mass is 344 g/mol. The molecule has 0 radical (unpaired) electrons. The molecule has 0 aliphatic rings. The number of carbonyl (C=O) groups excluding carboxylic acids is 1. The first-order valence-corrected chi connectivity index (χ1v) is 7.65. The van der Waals surface area contributed by atoms with Gasteiger partial charge in [-0.05, 0) is 28.8 Å². The summed E-state index contributed by atoms with van der Waals surface area (Å²) in [6.07, 6.45) is 3.74. The molecule has 1 aromatic rings. The van der Waals surface area contributed by atoms with Crippen LogP contribution in [0.4, 0.5) is 5.69 Å². The standard InChI is InChI=1S/C13H21BrN4O2/c1-3-6-16-11(19)5-7-15-10-9-17-18(8-4-2)13(20)12(10)14/h9,15H,3-8H2,1-2H3,(H,16,19). The van der Waals surface area contributed by atoms with Crippen LogP contribution in [0.2, 0.25) is 0 Å². The third-order valence-electron chi connectivity index (χ3n) is 2.66. The number of nitrogens with zero attached hydrogens (tertiary/aromatic N) is 2. The molecule has 0 spiro atoms. The van der Waals surface area contributed by atoms with E-state index in [2.05, 4.69) is 31.7 Å². The van der Waals surface area contributed by atoms with E-state index in [0.717, 1.165) is 12.8 Å². The van der Waals surface area contributed by atoms with Crippen molar-refractivity contribution >= 4 is 27.5 Å². The summed E-state index contributed by atoms with van der Waals surface area (Å²) in [4.78, 5) is 23.4. The van der Waals surface area contributed by atoms with Crippen molar-refractivity contribution in [3.63, 3.8) is 0 Å². The summed E-state index contributed by atoms with van der Waals surface area (Å²) in [6, 6.07) is 0. The average molecular weight is 345 g/mol. The van der Waals surface area contributed by atoms with E-state index in [1.165, 1.54) is 4.68 Å². The predicted molar refractivity (Wildman–Crippen MR) is 82.9 cm³/mol. The Balaban J connectivity index is 2.55. The molecule has 6 nitrogen and oxygen atoms in total. The fraction of sp³-hybridized carbons (Fsp3) is 0.615. The molecule has 0 saturated carbocycles. The van der Waals surface area contributed by atoms with Crippen LogP contribution in [-0.2, 0) is 11.3 Å². The van der Waals surface area contributed by atoms with Gasteiger partial charge in [0.2, 0.25) is 5.91 Å². The molecular formula is C13H21BrN4O2. The molecule has 0 atom stereocenters. The Bertz CT molecular complexity index is 502. The van der Waals surface area contributed by atoms with Gasteiger partial charge in [0.05, 0.1) is 11.9 Å². The Morgan fingerprint density at radius 3 is 2.75 bits per heavy atom. The highest BCUT2D eigenvalue weighted by atomic mass is 79.9.